The number of hydrogen-bond acceptors (Lipinski definition) is 2. The summed E-state index contributed by atoms with van der Waals surface area (Å²) >= 11 is 0. The largest absolute Gasteiger partial charge is 0.481 e. The van der Waals surface area contributed by atoms with Crippen LogP contribution in [0.25, 0.3) is 11.1 Å². The molecule has 3 nitrogen and oxygen atoms in total. The minimum atomic E-state index is -5.09. The molecule has 12 heteroatoms. The van der Waals surface area contributed by atoms with Gasteiger partial charge in [-0.25, -0.2) is 0 Å². The summed E-state index contributed by atoms with van der Waals surface area (Å²) in [5, 5.41) is 12.3. The van der Waals surface area contributed by atoms with Crippen molar-refractivity contribution in [2.75, 3.05) is 5.32 Å². The van der Waals surface area contributed by atoms with Gasteiger partial charge in [0, 0.05) is 11.4 Å². The summed E-state index contributed by atoms with van der Waals surface area (Å²) in [5.41, 5.74) is -4.06. The zero-order valence-electron chi connectivity index (χ0n) is 20.4. The van der Waals surface area contributed by atoms with Crippen LogP contribution in [0.1, 0.15) is 48.4 Å². The van der Waals surface area contributed by atoms with Crippen LogP contribution in [-0.4, -0.2) is 11.1 Å². The molecule has 1 unspecified atom stereocenters. The Balaban J connectivity index is 2.17. The zero-order valence-corrected chi connectivity index (χ0v) is 20.4. The van der Waals surface area contributed by atoms with E-state index < -0.39 is 52.8 Å². The fourth-order valence-electron chi connectivity index (χ4n) is 3.99. The maximum atomic E-state index is 13.3. The van der Waals surface area contributed by atoms with Crippen LogP contribution in [0.2, 0.25) is 0 Å². The van der Waals surface area contributed by atoms with Gasteiger partial charge in [0.2, 0.25) is 0 Å². The van der Waals surface area contributed by atoms with Gasteiger partial charge in [-0.1, -0.05) is 32.0 Å². The lowest BCUT2D eigenvalue weighted by atomic mass is 9.88. The summed E-state index contributed by atoms with van der Waals surface area (Å²) in [6.45, 7) is 3.52. The average molecular weight is 563 g/mol. The number of benzene rings is 3. The van der Waals surface area contributed by atoms with Gasteiger partial charge in [-0.05, 0) is 71.5 Å². The lowest BCUT2D eigenvalue weighted by Crippen LogP contribution is -2.14. The van der Waals surface area contributed by atoms with Crippen LogP contribution in [0, 0.1) is 5.92 Å². The molecule has 0 heterocycles. The molecule has 0 saturated carbocycles. The van der Waals surface area contributed by atoms with Crippen LogP contribution in [0.4, 0.5) is 50.9 Å². The van der Waals surface area contributed by atoms with E-state index in [2.05, 4.69) is 5.32 Å². The molecule has 3 aromatic rings. The topological polar surface area (TPSA) is 49.3 Å². The molecule has 0 aliphatic heterocycles. The number of hydrogen-bond donors (Lipinski definition) is 2. The van der Waals surface area contributed by atoms with Crippen LogP contribution in [0.5, 0.6) is 0 Å². The minimum Gasteiger partial charge on any atom is -0.481 e. The number of rotatable bonds is 7. The molecular formula is C27H22F9NO2. The van der Waals surface area contributed by atoms with Gasteiger partial charge >= 0.3 is 24.5 Å². The van der Waals surface area contributed by atoms with Crippen molar-refractivity contribution in [3.05, 3.63) is 82.9 Å². The van der Waals surface area contributed by atoms with Crippen LogP contribution in [0.3, 0.4) is 0 Å². The van der Waals surface area contributed by atoms with E-state index in [-0.39, 0.29) is 40.8 Å². The van der Waals surface area contributed by atoms with Crippen molar-refractivity contribution in [3.63, 3.8) is 0 Å². The number of anilines is 2. The Morgan fingerprint density at radius 3 is 1.62 bits per heavy atom. The smallest absolute Gasteiger partial charge is 0.416 e. The fourth-order valence-corrected chi connectivity index (χ4v) is 3.99. The van der Waals surface area contributed by atoms with Gasteiger partial charge in [-0.2, -0.15) is 39.5 Å². The molecule has 0 bridgehead atoms. The lowest BCUT2D eigenvalue weighted by Gasteiger charge is -2.20. The molecule has 0 aliphatic carbocycles. The first-order chi connectivity index (χ1) is 17.8. The molecule has 0 aromatic heterocycles. The normalized spacial score (nSPS) is 13.4. The van der Waals surface area contributed by atoms with E-state index in [1.165, 1.54) is 18.2 Å². The fraction of sp³-hybridized carbons (Fsp3) is 0.296. The second-order valence-electron chi connectivity index (χ2n) is 9.36. The number of halogens is 9. The van der Waals surface area contributed by atoms with Gasteiger partial charge in [-0.15, -0.1) is 0 Å². The molecule has 0 aliphatic rings. The van der Waals surface area contributed by atoms with Crippen molar-refractivity contribution in [3.8, 4) is 11.1 Å². The van der Waals surface area contributed by atoms with Crippen molar-refractivity contribution < 1.29 is 49.4 Å². The first kappa shape index (κ1) is 29.9. The van der Waals surface area contributed by atoms with Crippen molar-refractivity contribution >= 4 is 17.3 Å². The van der Waals surface area contributed by atoms with Gasteiger partial charge in [0.15, 0.2) is 0 Å². The average Bonchev–Trinajstić information content (AvgIpc) is 2.80. The number of carboxylic acids is 1. The standard InChI is InChI=1S/C27H22F9NO2/c1-14(2)7-23(24(38)39)17-8-16(15-3-5-18(6-4-15)25(28,29)30)9-21(10-17)37-22-12-19(26(31,32)33)11-20(13-22)27(34,35)36/h3-6,8-14,23,37H,7H2,1-2H3,(H,38,39). The quantitative estimate of drug-likeness (QED) is 0.282. The van der Waals surface area contributed by atoms with E-state index in [4.69, 9.17) is 0 Å². The Hall–Kier alpha value is -3.70. The van der Waals surface area contributed by atoms with Gasteiger partial charge in [0.1, 0.15) is 0 Å². The highest BCUT2D eigenvalue weighted by Crippen LogP contribution is 2.39. The van der Waals surface area contributed by atoms with Crippen LogP contribution in [-0.2, 0) is 23.3 Å². The molecule has 0 radical (unpaired) electrons. The number of nitrogens with one attached hydrogen (secondary N) is 1. The van der Waals surface area contributed by atoms with E-state index >= 15 is 0 Å². The molecule has 0 saturated heterocycles. The van der Waals surface area contributed by atoms with Crippen molar-refractivity contribution in [2.24, 2.45) is 5.92 Å². The molecular weight excluding hydrogens is 541 g/mol. The van der Waals surface area contributed by atoms with Crippen LogP contribution >= 0.6 is 0 Å². The summed E-state index contributed by atoms with van der Waals surface area (Å²) in [5.74, 6) is -2.43. The van der Waals surface area contributed by atoms with Crippen molar-refractivity contribution in [1.29, 1.82) is 0 Å². The number of carboxylic acid groups (broad SMARTS) is 1. The molecule has 0 amide bonds. The predicted molar refractivity (Wildman–Crippen MR) is 126 cm³/mol. The van der Waals surface area contributed by atoms with E-state index in [9.17, 15) is 49.4 Å². The second-order valence-corrected chi connectivity index (χ2v) is 9.36. The molecule has 39 heavy (non-hydrogen) atoms. The summed E-state index contributed by atoms with van der Waals surface area (Å²) < 4.78 is 119. The zero-order chi connectivity index (χ0) is 29.3. The Morgan fingerprint density at radius 2 is 1.18 bits per heavy atom. The Kier molecular flexibility index (Phi) is 8.28. The van der Waals surface area contributed by atoms with Gasteiger partial charge in [0.25, 0.3) is 0 Å². The SMILES string of the molecule is CC(C)CC(C(=O)O)c1cc(Nc2cc(C(F)(F)F)cc(C(F)(F)F)c2)cc(-c2ccc(C(F)(F)F)cc2)c1. The van der Waals surface area contributed by atoms with Crippen LogP contribution in [0.15, 0.2) is 60.7 Å². The van der Waals surface area contributed by atoms with Gasteiger partial charge < -0.3 is 10.4 Å². The van der Waals surface area contributed by atoms with E-state index in [0.29, 0.717) is 12.1 Å². The van der Waals surface area contributed by atoms with Crippen LogP contribution < -0.4 is 5.32 Å². The lowest BCUT2D eigenvalue weighted by molar-refractivity contribution is -0.143. The molecule has 210 valence electrons. The molecule has 0 spiro atoms. The van der Waals surface area contributed by atoms with Crippen molar-refractivity contribution in [2.45, 2.75) is 44.7 Å². The first-order valence-electron chi connectivity index (χ1n) is 11.5. The third kappa shape index (κ3) is 7.67. The molecule has 3 aromatic carbocycles. The Bertz CT molecular complexity index is 1290. The predicted octanol–water partition coefficient (Wildman–Crippen LogP) is 9.37. The monoisotopic (exact) mass is 563 g/mol. The first-order valence-corrected chi connectivity index (χ1v) is 11.5. The maximum absolute atomic E-state index is 13.3. The highest BCUT2D eigenvalue weighted by Gasteiger charge is 2.37. The molecule has 0 fully saturated rings. The second kappa shape index (κ2) is 10.8. The minimum absolute atomic E-state index is 0.0294. The third-order valence-corrected chi connectivity index (χ3v) is 5.78. The number of aliphatic carboxylic acids is 1. The highest BCUT2D eigenvalue weighted by atomic mass is 19.4. The molecule has 3 rings (SSSR count). The summed E-state index contributed by atoms with van der Waals surface area (Å²) in [7, 11) is 0. The summed E-state index contributed by atoms with van der Waals surface area (Å²) in [4.78, 5) is 12.0. The van der Waals surface area contributed by atoms with E-state index in [0.717, 1.165) is 24.3 Å². The number of alkyl halides is 9. The van der Waals surface area contributed by atoms with Crippen molar-refractivity contribution in [1.82, 2.24) is 0 Å². The molecule has 1 atom stereocenters. The summed E-state index contributed by atoms with van der Waals surface area (Å²) in [6, 6.07) is 8.80. The number of carbonyl (C=O) groups is 1. The van der Waals surface area contributed by atoms with Gasteiger partial charge in [-0.3, -0.25) is 4.79 Å². The third-order valence-electron chi connectivity index (χ3n) is 5.78. The van der Waals surface area contributed by atoms with E-state index in [1.807, 2.05) is 0 Å². The van der Waals surface area contributed by atoms with E-state index in [1.54, 1.807) is 13.8 Å². The Morgan fingerprint density at radius 1 is 0.692 bits per heavy atom. The maximum Gasteiger partial charge on any atom is 0.416 e. The molecule has 2 N–H and O–H groups in total. The Labute approximate surface area is 217 Å². The summed E-state index contributed by atoms with van der Waals surface area (Å²) in [6.07, 6.45) is -14.6. The van der Waals surface area contributed by atoms with Gasteiger partial charge in [0.05, 0.1) is 22.6 Å². The highest BCUT2D eigenvalue weighted by molar-refractivity contribution is 5.80.